The molecule has 1 saturated carbocycles. The average Bonchev–Trinajstić information content (AvgIpc) is 2.76. The average molecular weight is 317 g/mol. The first kappa shape index (κ1) is 14.1. The zero-order chi connectivity index (χ0) is 15.3. The van der Waals surface area contributed by atoms with Gasteiger partial charge in [-0.3, -0.25) is 0 Å². The first-order chi connectivity index (χ1) is 10.7. The Hall–Kier alpha value is -1.50. The van der Waals surface area contributed by atoms with E-state index >= 15 is 0 Å². The molecule has 1 aromatic carbocycles. The third kappa shape index (κ3) is 1.91. The van der Waals surface area contributed by atoms with Crippen LogP contribution in [0.25, 0.3) is 0 Å². The Kier molecular flexibility index (Phi) is 3.21. The summed E-state index contributed by atoms with van der Waals surface area (Å²) >= 11 is 1.55. The van der Waals surface area contributed by atoms with Gasteiger partial charge in [0.1, 0.15) is 5.01 Å². The lowest BCUT2D eigenvalue weighted by molar-refractivity contribution is 0.113. The minimum atomic E-state index is -0.445. The second-order valence-electron chi connectivity index (χ2n) is 6.29. The molecule has 1 spiro atoms. The fraction of sp³-hybridized carbons (Fsp3) is 0.500. The van der Waals surface area contributed by atoms with E-state index in [1.165, 1.54) is 5.56 Å². The minimum Gasteiger partial charge on any atom is -0.396 e. The topological polar surface area (TPSA) is 69.5 Å². The fourth-order valence-electron chi connectivity index (χ4n) is 4.13. The molecule has 1 aromatic heterocycles. The van der Waals surface area contributed by atoms with Crippen LogP contribution >= 0.6 is 11.3 Å². The summed E-state index contributed by atoms with van der Waals surface area (Å²) < 4.78 is 0. The van der Waals surface area contributed by atoms with Crippen molar-refractivity contribution in [1.82, 2.24) is 10.2 Å². The predicted octanol–water partition coefficient (Wildman–Crippen LogP) is 1.42. The van der Waals surface area contributed by atoms with Crippen molar-refractivity contribution in [3.63, 3.8) is 0 Å². The molecule has 2 heterocycles. The number of aromatic nitrogens is 2. The largest absolute Gasteiger partial charge is 0.396 e. The van der Waals surface area contributed by atoms with E-state index in [9.17, 15) is 10.2 Å². The van der Waals surface area contributed by atoms with Crippen molar-refractivity contribution >= 4 is 16.5 Å². The number of hydrogen-bond acceptors (Lipinski definition) is 6. The van der Waals surface area contributed by atoms with Crippen LogP contribution in [0.5, 0.6) is 0 Å². The van der Waals surface area contributed by atoms with Crippen LogP contribution in [-0.2, 0) is 0 Å². The molecule has 1 aliphatic heterocycles. The maximum atomic E-state index is 10.7. The van der Waals surface area contributed by atoms with Gasteiger partial charge in [-0.05, 0) is 24.3 Å². The van der Waals surface area contributed by atoms with Crippen molar-refractivity contribution in [3.05, 3.63) is 40.9 Å². The molecule has 4 atom stereocenters. The molecule has 2 fully saturated rings. The van der Waals surface area contributed by atoms with Gasteiger partial charge in [-0.1, -0.05) is 41.7 Å². The Balaban J connectivity index is 1.64. The van der Waals surface area contributed by atoms with Gasteiger partial charge in [0.05, 0.1) is 6.10 Å². The van der Waals surface area contributed by atoms with Gasteiger partial charge in [-0.25, -0.2) is 0 Å². The Morgan fingerprint density at radius 2 is 2.09 bits per heavy atom. The third-order valence-electron chi connectivity index (χ3n) is 5.18. The van der Waals surface area contributed by atoms with Crippen molar-refractivity contribution in [2.75, 3.05) is 24.6 Å². The number of benzene rings is 1. The lowest BCUT2D eigenvalue weighted by Gasteiger charge is -2.15. The summed E-state index contributed by atoms with van der Waals surface area (Å²) in [6.45, 7) is 3.34. The normalized spacial score (nSPS) is 33.6. The molecule has 4 rings (SSSR count). The van der Waals surface area contributed by atoms with Gasteiger partial charge in [-0.15, -0.1) is 10.2 Å². The van der Waals surface area contributed by atoms with E-state index in [1.807, 2.05) is 25.1 Å². The first-order valence-electron chi connectivity index (χ1n) is 7.55. The van der Waals surface area contributed by atoms with Gasteiger partial charge < -0.3 is 15.1 Å². The molecule has 0 radical (unpaired) electrons. The van der Waals surface area contributed by atoms with Gasteiger partial charge in [0, 0.05) is 25.1 Å². The summed E-state index contributed by atoms with van der Waals surface area (Å²) in [6.07, 6.45) is -0.445. The first-order valence-corrected chi connectivity index (χ1v) is 8.37. The van der Waals surface area contributed by atoms with Gasteiger partial charge in [0.15, 0.2) is 0 Å². The quantitative estimate of drug-likeness (QED) is 0.896. The molecule has 1 saturated heterocycles. The van der Waals surface area contributed by atoms with Crippen molar-refractivity contribution in [3.8, 4) is 0 Å². The van der Waals surface area contributed by atoms with Crippen LogP contribution < -0.4 is 4.90 Å². The van der Waals surface area contributed by atoms with Crippen LogP contribution in [0.4, 0.5) is 5.13 Å². The maximum absolute atomic E-state index is 10.7. The molecule has 0 unspecified atom stereocenters. The number of β-amino-alcohol motifs (C(OH)–C–C–N with tert-alkyl or cyclic N) is 1. The Morgan fingerprint density at radius 3 is 2.73 bits per heavy atom. The number of aryl methyl sites for hydroxylation is 1. The smallest absolute Gasteiger partial charge is 0.208 e. The van der Waals surface area contributed by atoms with Crippen molar-refractivity contribution in [1.29, 1.82) is 0 Å². The molecule has 2 aromatic rings. The van der Waals surface area contributed by atoms with E-state index in [4.69, 9.17) is 0 Å². The van der Waals surface area contributed by atoms with Gasteiger partial charge in [-0.2, -0.15) is 0 Å². The summed E-state index contributed by atoms with van der Waals surface area (Å²) in [7, 11) is 0. The minimum absolute atomic E-state index is 0.111. The molecule has 22 heavy (non-hydrogen) atoms. The summed E-state index contributed by atoms with van der Waals surface area (Å²) in [6, 6.07) is 10.2. The lowest BCUT2D eigenvalue weighted by atomic mass is 9.95. The SMILES string of the molecule is Cc1nnc(N2C[C@@H](O)[C@@]3(C2)[C@H](CO)[C@H]3c2ccccc2)s1. The molecule has 5 nitrogen and oxygen atoms in total. The molecule has 2 aliphatic rings. The fourth-order valence-corrected chi connectivity index (χ4v) is 4.82. The molecule has 2 N–H and O–H groups in total. The van der Waals surface area contributed by atoms with Crippen LogP contribution in [0.1, 0.15) is 16.5 Å². The highest BCUT2D eigenvalue weighted by molar-refractivity contribution is 7.15. The van der Waals surface area contributed by atoms with E-state index in [-0.39, 0.29) is 23.9 Å². The summed E-state index contributed by atoms with van der Waals surface area (Å²) in [5.41, 5.74) is 0.950. The Morgan fingerprint density at radius 1 is 1.32 bits per heavy atom. The van der Waals surface area contributed by atoms with Crippen LogP contribution in [0.15, 0.2) is 30.3 Å². The maximum Gasteiger partial charge on any atom is 0.208 e. The number of anilines is 1. The highest BCUT2D eigenvalue weighted by atomic mass is 32.1. The molecular formula is C16H19N3O2S. The number of nitrogens with zero attached hydrogens (tertiary/aromatic N) is 3. The predicted molar refractivity (Wildman–Crippen MR) is 85.1 cm³/mol. The number of hydrogen-bond donors (Lipinski definition) is 2. The van der Waals surface area contributed by atoms with Crippen LogP contribution in [0.2, 0.25) is 0 Å². The van der Waals surface area contributed by atoms with Crippen LogP contribution in [0.3, 0.4) is 0 Å². The second kappa shape index (κ2) is 5.01. The third-order valence-corrected chi connectivity index (χ3v) is 6.08. The Labute approximate surface area is 133 Å². The number of aliphatic hydroxyl groups is 2. The van der Waals surface area contributed by atoms with Crippen LogP contribution in [-0.4, -0.2) is 46.2 Å². The molecule has 0 bridgehead atoms. The Bertz CT molecular complexity index is 677. The second-order valence-corrected chi connectivity index (χ2v) is 7.45. The highest BCUT2D eigenvalue weighted by Gasteiger charge is 2.71. The summed E-state index contributed by atoms with van der Waals surface area (Å²) in [5, 5.41) is 30.5. The van der Waals surface area contributed by atoms with E-state index in [1.54, 1.807) is 11.3 Å². The summed E-state index contributed by atoms with van der Waals surface area (Å²) in [5.74, 6) is 0.330. The zero-order valence-corrected chi connectivity index (χ0v) is 13.2. The molecule has 6 heteroatoms. The zero-order valence-electron chi connectivity index (χ0n) is 12.4. The van der Waals surface area contributed by atoms with Gasteiger partial charge >= 0.3 is 0 Å². The van der Waals surface area contributed by atoms with Crippen molar-refractivity contribution < 1.29 is 10.2 Å². The summed E-state index contributed by atoms with van der Waals surface area (Å²) in [4.78, 5) is 2.11. The highest BCUT2D eigenvalue weighted by Crippen LogP contribution is 2.68. The van der Waals surface area contributed by atoms with Crippen LogP contribution in [0, 0.1) is 18.3 Å². The van der Waals surface area contributed by atoms with E-state index in [0.29, 0.717) is 6.54 Å². The van der Waals surface area contributed by atoms with E-state index in [2.05, 4.69) is 27.2 Å². The van der Waals surface area contributed by atoms with E-state index < -0.39 is 6.10 Å². The number of rotatable bonds is 3. The van der Waals surface area contributed by atoms with Crippen molar-refractivity contribution in [2.24, 2.45) is 11.3 Å². The van der Waals surface area contributed by atoms with E-state index in [0.717, 1.165) is 16.7 Å². The molecule has 116 valence electrons. The van der Waals surface area contributed by atoms with Gasteiger partial charge in [0.2, 0.25) is 5.13 Å². The monoisotopic (exact) mass is 317 g/mol. The van der Waals surface area contributed by atoms with Gasteiger partial charge in [0.25, 0.3) is 0 Å². The molecule has 0 amide bonds. The molecule has 1 aliphatic carbocycles. The van der Waals surface area contributed by atoms with Crippen molar-refractivity contribution in [2.45, 2.75) is 18.9 Å². The standard InChI is InChI=1S/C16H19N3O2S/c1-10-17-18-15(22-10)19-7-13(21)16(9-19)12(8-20)14(16)11-5-3-2-4-6-11/h2-6,12-14,20-21H,7-9H2,1H3/t12-,13-,14-,16-/m1/s1. The number of aliphatic hydroxyl groups excluding tert-OH is 2. The lowest BCUT2D eigenvalue weighted by Crippen LogP contribution is -2.23. The molecular weight excluding hydrogens is 298 g/mol.